The molecule has 1 heterocycles. The van der Waals surface area contributed by atoms with Crippen LogP contribution < -0.4 is 4.90 Å². The van der Waals surface area contributed by atoms with E-state index in [1.54, 1.807) is 13.0 Å². The third kappa shape index (κ3) is 3.37. The minimum Gasteiger partial charge on any atom is -0.381 e. The first-order valence-corrected chi connectivity index (χ1v) is 7.09. The van der Waals surface area contributed by atoms with Crippen LogP contribution in [-0.4, -0.2) is 32.6 Å². The van der Waals surface area contributed by atoms with Crippen LogP contribution in [0.2, 0.25) is 0 Å². The summed E-state index contributed by atoms with van der Waals surface area (Å²) in [6.07, 6.45) is 2.08. The molecule has 1 aliphatic heterocycles. The number of aryl methyl sites for hydroxylation is 1. The molecule has 0 bridgehead atoms. The number of ketones is 1. The molecule has 1 aromatic carbocycles. The number of nitrogens with zero attached hydrogens (tertiary/aromatic N) is 1. The minimum absolute atomic E-state index is 0.0993. The van der Waals surface area contributed by atoms with E-state index < -0.39 is 0 Å². The van der Waals surface area contributed by atoms with E-state index in [9.17, 15) is 9.18 Å². The zero-order valence-corrected chi connectivity index (χ0v) is 12.4. The summed E-state index contributed by atoms with van der Waals surface area (Å²) in [5.41, 5.74) is 1.86. The molecule has 0 unspecified atom stereocenters. The number of carbonyl (C=O) groups is 1. The highest BCUT2D eigenvalue weighted by molar-refractivity contribution is 5.99. The van der Waals surface area contributed by atoms with Crippen molar-refractivity contribution in [2.45, 2.75) is 26.7 Å². The van der Waals surface area contributed by atoms with Crippen LogP contribution in [-0.2, 0) is 4.74 Å². The number of benzene rings is 1. The smallest absolute Gasteiger partial charge is 0.161 e. The van der Waals surface area contributed by atoms with E-state index >= 15 is 0 Å². The average molecular weight is 279 g/mol. The molecule has 20 heavy (non-hydrogen) atoms. The maximum Gasteiger partial charge on any atom is 0.161 e. The Morgan fingerprint density at radius 3 is 2.65 bits per heavy atom. The lowest BCUT2D eigenvalue weighted by Crippen LogP contribution is -2.30. The Morgan fingerprint density at radius 2 is 2.05 bits per heavy atom. The number of hydrogen-bond acceptors (Lipinski definition) is 3. The summed E-state index contributed by atoms with van der Waals surface area (Å²) in [4.78, 5) is 13.8. The van der Waals surface area contributed by atoms with Crippen molar-refractivity contribution in [2.75, 3.05) is 31.7 Å². The van der Waals surface area contributed by atoms with Gasteiger partial charge in [-0.2, -0.15) is 0 Å². The van der Waals surface area contributed by atoms with E-state index in [0.29, 0.717) is 17.0 Å². The molecule has 3 nitrogen and oxygen atoms in total. The first kappa shape index (κ1) is 15.0. The molecule has 110 valence electrons. The fourth-order valence-electron chi connectivity index (χ4n) is 2.68. The number of ether oxygens (including phenoxy) is 1. The van der Waals surface area contributed by atoms with Crippen LogP contribution in [0.3, 0.4) is 0 Å². The molecule has 0 aliphatic carbocycles. The molecule has 4 heteroatoms. The number of halogens is 1. The second-order valence-corrected chi connectivity index (χ2v) is 5.61. The highest BCUT2D eigenvalue weighted by atomic mass is 19.1. The van der Waals surface area contributed by atoms with Crippen molar-refractivity contribution < 1.29 is 13.9 Å². The van der Waals surface area contributed by atoms with Crippen molar-refractivity contribution in [1.29, 1.82) is 0 Å². The SMILES string of the molecule is CC(=O)c1cc(F)c(C)cc1N(C)CC1CCOCC1. The van der Waals surface area contributed by atoms with Gasteiger partial charge >= 0.3 is 0 Å². The second-order valence-electron chi connectivity index (χ2n) is 5.61. The Kier molecular flexibility index (Phi) is 4.76. The standard InChI is InChI=1S/C16H22FNO2/c1-11-8-16(14(12(2)19)9-15(11)17)18(3)10-13-4-6-20-7-5-13/h8-9,13H,4-7,10H2,1-3H3. The van der Waals surface area contributed by atoms with Crippen molar-refractivity contribution in [2.24, 2.45) is 5.92 Å². The van der Waals surface area contributed by atoms with Gasteiger partial charge in [0.25, 0.3) is 0 Å². The molecule has 1 aromatic rings. The fourth-order valence-corrected chi connectivity index (χ4v) is 2.68. The predicted molar refractivity (Wildman–Crippen MR) is 78.0 cm³/mol. The molecule has 0 amide bonds. The van der Waals surface area contributed by atoms with E-state index in [2.05, 4.69) is 4.90 Å². The van der Waals surface area contributed by atoms with Gasteiger partial charge in [0.05, 0.1) is 0 Å². The van der Waals surface area contributed by atoms with Crippen LogP contribution in [0.15, 0.2) is 12.1 Å². The van der Waals surface area contributed by atoms with Crippen LogP contribution in [0.4, 0.5) is 10.1 Å². The Bertz CT molecular complexity index is 495. The van der Waals surface area contributed by atoms with Gasteiger partial charge in [0, 0.05) is 38.1 Å². The van der Waals surface area contributed by atoms with E-state index in [-0.39, 0.29) is 11.6 Å². The van der Waals surface area contributed by atoms with Crippen LogP contribution >= 0.6 is 0 Å². The van der Waals surface area contributed by atoms with E-state index in [1.807, 2.05) is 7.05 Å². The summed E-state index contributed by atoms with van der Waals surface area (Å²) in [6, 6.07) is 3.12. The molecule has 0 atom stereocenters. The van der Waals surface area contributed by atoms with Crippen molar-refractivity contribution in [3.8, 4) is 0 Å². The summed E-state index contributed by atoms with van der Waals surface area (Å²) in [6.45, 7) is 5.69. The third-order valence-corrected chi connectivity index (χ3v) is 3.94. The summed E-state index contributed by atoms with van der Waals surface area (Å²) < 4.78 is 19.0. The average Bonchev–Trinajstić information content (AvgIpc) is 2.42. The lowest BCUT2D eigenvalue weighted by molar-refractivity contribution is 0.0685. The number of Topliss-reactive ketones (excluding diaryl/α,β-unsaturated/α-hetero) is 1. The maximum atomic E-state index is 13.7. The predicted octanol–water partition coefficient (Wildman–Crippen LogP) is 3.20. The van der Waals surface area contributed by atoms with Gasteiger partial charge in [-0.15, -0.1) is 0 Å². The third-order valence-electron chi connectivity index (χ3n) is 3.94. The molecule has 0 saturated carbocycles. The fraction of sp³-hybridized carbons (Fsp3) is 0.562. The minimum atomic E-state index is -0.321. The van der Waals surface area contributed by atoms with Gasteiger partial charge in [-0.3, -0.25) is 4.79 Å². The lowest BCUT2D eigenvalue weighted by atomic mass is 9.98. The van der Waals surface area contributed by atoms with Gasteiger partial charge in [-0.1, -0.05) is 0 Å². The summed E-state index contributed by atoms with van der Waals surface area (Å²) in [5.74, 6) is 0.148. The first-order valence-electron chi connectivity index (χ1n) is 7.09. The summed E-state index contributed by atoms with van der Waals surface area (Å²) >= 11 is 0. The van der Waals surface area contributed by atoms with Gasteiger partial charge in [0.1, 0.15) is 5.82 Å². The van der Waals surface area contributed by atoms with Crippen molar-refractivity contribution >= 4 is 11.5 Å². The molecule has 1 aliphatic rings. The molecule has 0 N–H and O–H groups in total. The number of anilines is 1. The van der Waals surface area contributed by atoms with Crippen LogP contribution in [0.5, 0.6) is 0 Å². The summed E-state index contributed by atoms with van der Waals surface area (Å²) in [7, 11) is 1.97. The van der Waals surface area contributed by atoms with E-state index in [1.165, 1.54) is 13.0 Å². The van der Waals surface area contributed by atoms with Crippen LogP contribution in [0, 0.1) is 18.7 Å². The monoisotopic (exact) mass is 279 g/mol. The maximum absolute atomic E-state index is 13.7. The number of carbonyl (C=O) groups excluding carboxylic acids is 1. The number of hydrogen-bond donors (Lipinski definition) is 0. The Morgan fingerprint density at radius 1 is 1.40 bits per heavy atom. The summed E-state index contributed by atoms with van der Waals surface area (Å²) in [5, 5.41) is 0. The van der Waals surface area contributed by atoms with Gasteiger partial charge in [0.15, 0.2) is 5.78 Å². The molecule has 0 aromatic heterocycles. The molecular weight excluding hydrogens is 257 g/mol. The van der Waals surface area contributed by atoms with E-state index in [0.717, 1.165) is 38.3 Å². The Labute approximate surface area is 119 Å². The van der Waals surface area contributed by atoms with Crippen LogP contribution in [0.25, 0.3) is 0 Å². The number of rotatable bonds is 4. The van der Waals surface area contributed by atoms with E-state index in [4.69, 9.17) is 4.74 Å². The Hall–Kier alpha value is -1.42. The second kappa shape index (κ2) is 6.35. The van der Waals surface area contributed by atoms with Gasteiger partial charge in [0.2, 0.25) is 0 Å². The van der Waals surface area contributed by atoms with Crippen LogP contribution in [0.1, 0.15) is 35.7 Å². The lowest BCUT2D eigenvalue weighted by Gasteiger charge is -2.29. The zero-order valence-electron chi connectivity index (χ0n) is 12.4. The molecule has 2 rings (SSSR count). The molecule has 1 saturated heterocycles. The van der Waals surface area contributed by atoms with Crippen molar-refractivity contribution in [3.63, 3.8) is 0 Å². The molecule has 1 fully saturated rings. The molecule has 0 radical (unpaired) electrons. The van der Waals surface area contributed by atoms with Gasteiger partial charge < -0.3 is 9.64 Å². The highest BCUT2D eigenvalue weighted by Crippen LogP contribution is 2.26. The normalized spacial score (nSPS) is 16.2. The molecular formula is C16H22FNO2. The quantitative estimate of drug-likeness (QED) is 0.793. The van der Waals surface area contributed by atoms with Gasteiger partial charge in [-0.25, -0.2) is 4.39 Å². The first-order chi connectivity index (χ1) is 9.49. The zero-order chi connectivity index (χ0) is 14.7. The largest absolute Gasteiger partial charge is 0.381 e. The molecule has 0 spiro atoms. The van der Waals surface area contributed by atoms with Crippen molar-refractivity contribution in [1.82, 2.24) is 0 Å². The topological polar surface area (TPSA) is 29.5 Å². The highest BCUT2D eigenvalue weighted by Gasteiger charge is 2.19. The van der Waals surface area contributed by atoms with Crippen molar-refractivity contribution in [3.05, 3.63) is 29.1 Å². The Balaban J connectivity index is 2.21. The van der Waals surface area contributed by atoms with Gasteiger partial charge in [-0.05, 0) is 50.3 Å².